The van der Waals surface area contributed by atoms with Gasteiger partial charge in [0.05, 0.1) is 0 Å². The van der Waals surface area contributed by atoms with Crippen LogP contribution in [0.25, 0.3) is 11.1 Å². The molecular weight excluding hydrogens is 757 g/mol. The second-order valence-electron chi connectivity index (χ2n) is 16.8. The number of rotatable bonds is 4. The van der Waals surface area contributed by atoms with Crippen molar-refractivity contribution in [1.82, 2.24) is 0 Å². The van der Waals surface area contributed by atoms with E-state index in [0.29, 0.717) is 0 Å². The van der Waals surface area contributed by atoms with E-state index in [0.717, 1.165) is 6.42 Å². The lowest BCUT2D eigenvalue weighted by Crippen LogP contribution is -2.77. The Hall–Kier alpha value is -5.11. The molecule has 0 radical (unpaired) electrons. The summed E-state index contributed by atoms with van der Waals surface area (Å²) < 4.78 is 0. The fraction of sp³-hybridized carbons (Fsp3) is 0.0943. The molecule has 0 saturated carbocycles. The maximum atomic E-state index is 2.65. The predicted octanol–water partition coefficient (Wildman–Crippen LogP) is 7.60. The van der Waals surface area contributed by atoms with Gasteiger partial charge in [0.2, 0.25) is 0 Å². The van der Waals surface area contributed by atoms with E-state index in [-0.39, 0.29) is 0 Å². The van der Waals surface area contributed by atoms with Gasteiger partial charge in [-0.25, -0.2) is 0 Å². The van der Waals surface area contributed by atoms with Crippen molar-refractivity contribution in [1.29, 1.82) is 0 Å². The molecule has 0 saturated heterocycles. The Kier molecular flexibility index (Phi) is 7.82. The molecule has 2 aliphatic heterocycles. The van der Waals surface area contributed by atoms with Gasteiger partial charge in [0.15, 0.2) is 16.1 Å². The first-order valence-corrected chi connectivity index (χ1v) is 28.9. The zero-order valence-electron chi connectivity index (χ0n) is 33.0. The monoisotopic (exact) mass is 802 g/mol. The standard InChI is InChI=1S/C53H46S2Si2/c1-54(2)46-23-11-15-27-50(46)56(40-19-7-5-8-20-40,51-28-16-12-24-47(51)54)42-33-31-38-35-39-32-34-43(37-45(39)44(38)36-42)57(41-21-9-6-10-22-41)52-29-17-13-25-48(52)55(3,4)49-26-14-18-30-53(49)57/h5-34,36-37H,35H2,1-4H3. The third-order valence-corrected chi connectivity index (χ3v) is 29.8. The quantitative estimate of drug-likeness (QED) is 0.161. The van der Waals surface area contributed by atoms with Crippen molar-refractivity contribution in [3.05, 3.63) is 205 Å². The van der Waals surface area contributed by atoms with Crippen LogP contribution in [0.4, 0.5) is 0 Å². The molecule has 0 unspecified atom stereocenters. The van der Waals surface area contributed by atoms with E-state index >= 15 is 0 Å². The summed E-state index contributed by atoms with van der Waals surface area (Å²) in [7, 11) is -7.87. The molecule has 2 heterocycles. The Balaban J connectivity index is 1.19. The molecule has 4 heteroatoms. The summed E-state index contributed by atoms with van der Waals surface area (Å²) in [6.45, 7) is 0. The summed E-state index contributed by atoms with van der Waals surface area (Å²) in [6.07, 6.45) is 11.0. The van der Waals surface area contributed by atoms with Crippen molar-refractivity contribution >= 4 is 77.7 Å². The van der Waals surface area contributed by atoms with E-state index in [1.54, 1.807) is 20.7 Å². The first-order chi connectivity index (χ1) is 27.8. The minimum atomic E-state index is -2.72. The van der Waals surface area contributed by atoms with Crippen molar-refractivity contribution in [2.75, 3.05) is 25.0 Å². The molecule has 1 aliphatic carbocycles. The van der Waals surface area contributed by atoms with Gasteiger partial charge in [-0.1, -0.05) is 170 Å². The van der Waals surface area contributed by atoms with Gasteiger partial charge in [-0.3, -0.25) is 0 Å². The maximum Gasteiger partial charge on any atom is 0.181 e. The van der Waals surface area contributed by atoms with Crippen LogP contribution in [0.15, 0.2) is 214 Å². The summed E-state index contributed by atoms with van der Waals surface area (Å²) >= 11 is 0. The predicted molar refractivity (Wildman–Crippen MR) is 254 cm³/mol. The summed E-state index contributed by atoms with van der Waals surface area (Å²) in [5, 5.41) is 12.1. The first kappa shape index (κ1) is 35.1. The van der Waals surface area contributed by atoms with E-state index in [9.17, 15) is 0 Å². The lowest BCUT2D eigenvalue weighted by Gasteiger charge is -2.49. The van der Waals surface area contributed by atoms with Gasteiger partial charge in [0.1, 0.15) is 0 Å². The van der Waals surface area contributed by atoms with Gasteiger partial charge in [0.25, 0.3) is 0 Å². The number of hydrogen-bond acceptors (Lipinski definition) is 0. The van der Waals surface area contributed by atoms with Crippen LogP contribution in [0.1, 0.15) is 11.1 Å². The molecule has 0 atom stereocenters. The molecule has 0 nitrogen and oxygen atoms in total. The molecule has 0 N–H and O–H groups in total. The highest BCUT2D eigenvalue weighted by molar-refractivity contribution is 8.33. The minimum Gasteiger partial charge on any atom is -0.194 e. The van der Waals surface area contributed by atoms with Crippen LogP contribution in [0.2, 0.25) is 0 Å². The molecule has 0 spiro atoms. The largest absolute Gasteiger partial charge is 0.194 e. The minimum absolute atomic E-state index is 0.972. The van der Waals surface area contributed by atoms with Crippen molar-refractivity contribution in [2.24, 2.45) is 0 Å². The van der Waals surface area contributed by atoms with Crippen LogP contribution in [0.3, 0.4) is 0 Å². The molecule has 57 heavy (non-hydrogen) atoms. The maximum absolute atomic E-state index is 2.72. The molecule has 0 amide bonds. The normalized spacial score (nSPS) is 18.0. The average molecular weight is 803 g/mol. The van der Waals surface area contributed by atoms with Gasteiger partial charge in [0, 0.05) is 0 Å². The highest BCUT2D eigenvalue weighted by Gasteiger charge is 2.52. The summed E-state index contributed by atoms with van der Waals surface area (Å²) in [4.78, 5) is 6.16. The smallest absolute Gasteiger partial charge is 0.181 e. The third kappa shape index (κ3) is 4.70. The summed E-state index contributed by atoms with van der Waals surface area (Å²) in [6, 6.07) is 76.3. The second-order valence-corrected chi connectivity index (χ2v) is 31.3. The van der Waals surface area contributed by atoms with Crippen molar-refractivity contribution < 1.29 is 0 Å². The fourth-order valence-electron chi connectivity index (χ4n) is 11.0. The Morgan fingerprint density at radius 3 is 0.947 bits per heavy atom. The van der Waals surface area contributed by atoms with E-state index in [2.05, 4.69) is 219 Å². The number of hydrogen-bond donors (Lipinski definition) is 0. The van der Waals surface area contributed by atoms with E-state index in [1.807, 2.05) is 0 Å². The third-order valence-electron chi connectivity index (χ3n) is 13.5. The second kappa shape index (κ2) is 12.7. The van der Waals surface area contributed by atoms with Crippen LogP contribution < -0.4 is 41.5 Å². The molecule has 11 rings (SSSR count). The van der Waals surface area contributed by atoms with E-state index in [1.165, 1.54) is 62.6 Å². The van der Waals surface area contributed by atoms with E-state index < -0.39 is 36.2 Å². The fourth-order valence-corrected chi connectivity index (χ4v) is 30.2. The van der Waals surface area contributed by atoms with E-state index in [4.69, 9.17) is 0 Å². The summed E-state index contributed by atoms with van der Waals surface area (Å²) in [5.74, 6) is 0. The zero-order chi connectivity index (χ0) is 38.6. The van der Waals surface area contributed by atoms with Crippen LogP contribution in [0, 0.1) is 0 Å². The van der Waals surface area contributed by atoms with Crippen molar-refractivity contribution in [2.45, 2.75) is 26.0 Å². The molecule has 3 aliphatic rings. The van der Waals surface area contributed by atoms with Gasteiger partial charge >= 0.3 is 0 Å². The van der Waals surface area contributed by atoms with Gasteiger partial charge < -0.3 is 0 Å². The lowest BCUT2D eigenvalue weighted by atomic mass is 10.1. The molecule has 278 valence electrons. The first-order valence-electron chi connectivity index (χ1n) is 20.0. The van der Waals surface area contributed by atoms with Crippen molar-refractivity contribution in [3.63, 3.8) is 0 Å². The SMILES string of the molecule is CS1(C)c2ccccc2[Si](c2ccccc2)(c2ccc3c(c2)-c2cc([Si]4(c5ccccc5)c5ccccc5S(C)(C)c5ccccc54)ccc2C3)c2ccccc21. The topological polar surface area (TPSA) is 0 Å². The Bertz CT molecular complexity index is 2600. The number of benzene rings is 8. The molecule has 8 aromatic carbocycles. The highest BCUT2D eigenvalue weighted by Crippen LogP contribution is 2.59. The average Bonchev–Trinajstić information content (AvgIpc) is 3.63. The van der Waals surface area contributed by atoms with Crippen LogP contribution in [-0.2, 0) is 6.42 Å². The summed E-state index contributed by atoms with van der Waals surface area (Å²) in [5.41, 5.74) is 5.72. The Morgan fingerprint density at radius 1 is 0.316 bits per heavy atom. The Morgan fingerprint density at radius 2 is 0.614 bits per heavy atom. The molecule has 0 bridgehead atoms. The highest BCUT2D eigenvalue weighted by atomic mass is 32.3. The van der Waals surface area contributed by atoms with Gasteiger partial charge in [-0.15, -0.1) is 0 Å². The van der Waals surface area contributed by atoms with Crippen molar-refractivity contribution in [3.8, 4) is 11.1 Å². The zero-order valence-corrected chi connectivity index (χ0v) is 36.6. The van der Waals surface area contributed by atoms with Gasteiger partial charge in [-0.05, 0) is 139 Å². The molecule has 8 aromatic rings. The number of fused-ring (bicyclic) bond motifs is 7. The molecule has 0 fully saturated rings. The lowest BCUT2D eigenvalue weighted by molar-refractivity contribution is 1.27. The molecule has 0 aromatic heterocycles. The van der Waals surface area contributed by atoms with Crippen LogP contribution in [-0.4, -0.2) is 41.2 Å². The Labute approximate surface area is 343 Å². The van der Waals surface area contributed by atoms with Crippen LogP contribution >= 0.6 is 20.1 Å². The van der Waals surface area contributed by atoms with Crippen LogP contribution in [0.5, 0.6) is 0 Å². The van der Waals surface area contributed by atoms with Gasteiger partial charge in [-0.2, -0.15) is 20.1 Å². The molecular formula is C53H46S2Si2.